The summed E-state index contributed by atoms with van der Waals surface area (Å²) >= 11 is 1.57. The van der Waals surface area contributed by atoms with Crippen LogP contribution in [0.2, 0.25) is 0 Å². The summed E-state index contributed by atoms with van der Waals surface area (Å²) in [6.45, 7) is 0.188. The lowest BCUT2D eigenvalue weighted by Crippen LogP contribution is -2.37. The minimum absolute atomic E-state index is 0.188. The van der Waals surface area contributed by atoms with Gasteiger partial charge in [0.2, 0.25) is 0 Å². The van der Waals surface area contributed by atoms with Crippen LogP contribution in [0.15, 0.2) is 59.5 Å². The average Bonchev–Trinajstić information content (AvgIpc) is 2.53. The van der Waals surface area contributed by atoms with Crippen LogP contribution in [0.5, 0.6) is 5.75 Å². The van der Waals surface area contributed by atoms with Crippen molar-refractivity contribution in [2.75, 3.05) is 19.4 Å². The molecule has 3 N–H and O–H groups in total. The van der Waals surface area contributed by atoms with E-state index in [9.17, 15) is 5.11 Å². The maximum Gasteiger partial charge on any atom is 0.119 e. The number of nitrogens with two attached hydrogens (primary N) is 1. The standard InChI is InChI=1S/C16H19NO2S/c1-19-14-8-5-9-15(10-14)20-12-16(18,11-17)13-6-3-2-4-7-13/h2-10,18H,11-12,17H2,1H3. The highest BCUT2D eigenvalue weighted by Crippen LogP contribution is 2.30. The second-order valence-electron chi connectivity index (χ2n) is 4.57. The van der Waals surface area contributed by atoms with E-state index in [1.165, 1.54) is 0 Å². The number of aliphatic hydroxyl groups is 1. The molecule has 0 aliphatic heterocycles. The van der Waals surface area contributed by atoms with Crippen molar-refractivity contribution in [2.45, 2.75) is 10.5 Å². The first-order valence-corrected chi connectivity index (χ1v) is 7.41. The fraction of sp³-hybridized carbons (Fsp3) is 0.250. The fourth-order valence-electron chi connectivity index (χ4n) is 1.90. The monoisotopic (exact) mass is 289 g/mol. The van der Waals surface area contributed by atoms with Crippen molar-refractivity contribution in [1.82, 2.24) is 0 Å². The van der Waals surface area contributed by atoms with Crippen molar-refractivity contribution in [3.63, 3.8) is 0 Å². The largest absolute Gasteiger partial charge is 0.497 e. The maximum absolute atomic E-state index is 10.7. The molecular weight excluding hydrogens is 270 g/mol. The summed E-state index contributed by atoms with van der Waals surface area (Å²) in [5, 5.41) is 10.7. The lowest BCUT2D eigenvalue weighted by molar-refractivity contribution is 0.0721. The van der Waals surface area contributed by atoms with E-state index < -0.39 is 5.60 Å². The molecule has 0 heterocycles. The molecule has 4 heteroatoms. The summed E-state index contributed by atoms with van der Waals surface area (Å²) in [6.07, 6.45) is 0. The first kappa shape index (κ1) is 14.9. The highest BCUT2D eigenvalue weighted by Gasteiger charge is 2.27. The number of benzene rings is 2. The minimum atomic E-state index is -1.02. The molecule has 2 aromatic rings. The molecule has 20 heavy (non-hydrogen) atoms. The molecule has 106 valence electrons. The Hall–Kier alpha value is -1.49. The zero-order valence-corrected chi connectivity index (χ0v) is 12.3. The number of hydrogen-bond acceptors (Lipinski definition) is 4. The van der Waals surface area contributed by atoms with Gasteiger partial charge >= 0.3 is 0 Å². The molecule has 3 nitrogen and oxygen atoms in total. The van der Waals surface area contributed by atoms with Crippen molar-refractivity contribution in [3.05, 3.63) is 60.2 Å². The summed E-state index contributed by atoms with van der Waals surface area (Å²) in [6, 6.07) is 17.3. The lowest BCUT2D eigenvalue weighted by atomic mass is 9.96. The molecule has 0 bridgehead atoms. The van der Waals surface area contributed by atoms with Crippen LogP contribution in [0.3, 0.4) is 0 Å². The summed E-state index contributed by atoms with van der Waals surface area (Å²) in [5.74, 6) is 1.31. The molecule has 0 aliphatic rings. The van der Waals surface area contributed by atoms with Gasteiger partial charge in [-0.3, -0.25) is 0 Å². The third kappa shape index (κ3) is 3.54. The van der Waals surface area contributed by atoms with Crippen LogP contribution in [0.25, 0.3) is 0 Å². The SMILES string of the molecule is COc1cccc(SCC(O)(CN)c2ccccc2)c1. The molecule has 0 spiro atoms. The predicted molar refractivity (Wildman–Crippen MR) is 83.1 cm³/mol. The number of methoxy groups -OCH3 is 1. The predicted octanol–water partition coefficient (Wildman–Crippen LogP) is 2.63. The minimum Gasteiger partial charge on any atom is -0.497 e. The molecule has 2 aromatic carbocycles. The molecule has 2 rings (SSSR count). The first-order valence-electron chi connectivity index (χ1n) is 6.43. The number of ether oxygens (including phenoxy) is 1. The zero-order valence-electron chi connectivity index (χ0n) is 11.5. The van der Waals surface area contributed by atoms with Gasteiger partial charge in [0.15, 0.2) is 0 Å². The normalized spacial score (nSPS) is 13.8. The van der Waals surface area contributed by atoms with Gasteiger partial charge < -0.3 is 15.6 Å². The Bertz CT molecular complexity index is 547. The summed E-state index contributed by atoms with van der Waals surface area (Å²) < 4.78 is 5.20. The molecule has 0 amide bonds. The highest BCUT2D eigenvalue weighted by molar-refractivity contribution is 7.99. The smallest absolute Gasteiger partial charge is 0.119 e. The van der Waals surface area contributed by atoms with Crippen molar-refractivity contribution in [1.29, 1.82) is 0 Å². The Labute approximate surface area is 123 Å². The van der Waals surface area contributed by atoms with Crippen LogP contribution < -0.4 is 10.5 Å². The Balaban J connectivity index is 2.10. The molecule has 0 radical (unpaired) electrons. The number of thioether (sulfide) groups is 1. The van der Waals surface area contributed by atoms with Gasteiger partial charge in [-0.15, -0.1) is 11.8 Å². The van der Waals surface area contributed by atoms with Crippen LogP contribution in [0, 0.1) is 0 Å². The van der Waals surface area contributed by atoms with E-state index in [2.05, 4.69) is 0 Å². The third-order valence-corrected chi connectivity index (χ3v) is 4.38. The summed E-state index contributed by atoms with van der Waals surface area (Å²) in [7, 11) is 1.64. The average molecular weight is 289 g/mol. The van der Waals surface area contributed by atoms with E-state index in [-0.39, 0.29) is 6.54 Å². The van der Waals surface area contributed by atoms with E-state index in [0.717, 1.165) is 16.2 Å². The van der Waals surface area contributed by atoms with E-state index >= 15 is 0 Å². The third-order valence-electron chi connectivity index (χ3n) is 3.17. The molecule has 0 aliphatic carbocycles. The number of hydrogen-bond donors (Lipinski definition) is 2. The van der Waals surface area contributed by atoms with Gasteiger partial charge in [0.05, 0.1) is 7.11 Å². The quantitative estimate of drug-likeness (QED) is 0.803. The van der Waals surface area contributed by atoms with Gasteiger partial charge in [0.25, 0.3) is 0 Å². The van der Waals surface area contributed by atoms with Crippen LogP contribution in [0.1, 0.15) is 5.56 Å². The van der Waals surface area contributed by atoms with Gasteiger partial charge in [-0.1, -0.05) is 36.4 Å². The second kappa shape index (κ2) is 6.79. The zero-order chi connectivity index (χ0) is 14.4. The summed E-state index contributed by atoms with van der Waals surface area (Å²) in [5.41, 5.74) is 5.60. The van der Waals surface area contributed by atoms with Crippen molar-refractivity contribution >= 4 is 11.8 Å². The molecule has 0 fully saturated rings. The Morgan fingerprint density at radius 1 is 1.15 bits per heavy atom. The fourth-order valence-corrected chi connectivity index (χ4v) is 2.97. The first-order chi connectivity index (χ1) is 9.68. The maximum atomic E-state index is 10.7. The molecular formula is C16H19NO2S. The van der Waals surface area contributed by atoms with Gasteiger partial charge in [0.1, 0.15) is 11.4 Å². The molecule has 1 unspecified atom stereocenters. The van der Waals surface area contributed by atoms with Gasteiger partial charge in [-0.05, 0) is 23.8 Å². The topological polar surface area (TPSA) is 55.5 Å². The Kier molecular flexibility index (Phi) is 5.06. The van der Waals surface area contributed by atoms with Gasteiger partial charge in [0, 0.05) is 17.2 Å². The van der Waals surface area contributed by atoms with Crippen LogP contribution in [-0.2, 0) is 5.60 Å². The summed E-state index contributed by atoms with van der Waals surface area (Å²) in [4.78, 5) is 1.05. The van der Waals surface area contributed by atoms with Gasteiger partial charge in [-0.2, -0.15) is 0 Å². The Morgan fingerprint density at radius 3 is 2.55 bits per heavy atom. The van der Waals surface area contributed by atoms with E-state index in [1.54, 1.807) is 18.9 Å². The molecule has 0 saturated carbocycles. The van der Waals surface area contributed by atoms with E-state index in [4.69, 9.17) is 10.5 Å². The lowest BCUT2D eigenvalue weighted by Gasteiger charge is -2.26. The van der Waals surface area contributed by atoms with E-state index in [1.807, 2.05) is 54.6 Å². The van der Waals surface area contributed by atoms with Crippen molar-refractivity contribution in [3.8, 4) is 5.75 Å². The van der Waals surface area contributed by atoms with Crippen molar-refractivity contribution in [2.24, 2.45) is 5.73 Å². The van der Waals surface area contributed by atoms with Gasteiger partial charge in [-0.25, -0.2) is 0 Å². The van der Waals surface area contributed by atoms with E-state index in [0.29, 0.717) is 5.75 Å². The number of rotatable bonds is 6. The van der Waals surface area contributed by atoms with Crippen LogP contribution >= 0.6 is 11.8 Å². The Morgan fingerprint density at radius 2 is 1.90 bits per heavy atom. The van der Waals surface area contributed by atoms with Crippen molar-refractivity contribution < 1.29 is 9.84 Å². The van der Waals surface area contributed by atoms with Crippen LogP contribution in [0.4, 0.5) is 0 Å². The molecule has 0 aromatic heterocycles. The highest BCUT2D eigenvalue weighted by atomic mass is 32.2. The second-order valence-corrected chi connectivity index (χ2v) is 5.62. The molecule has 1 atom stereocenters. The molecule has 0 saturated heterocycles. The van der Waals surface area contributed by atoms with Crippen LogP contribution in [-0.4, -0.2) is 24.5 Å².